The molecular weight excluding hydrogens is 309 g/mol. The van der Waals surface area contributed by atoms with Crippen molar-refractivity contribution in [2.24, 2.45) is 0 Å². The number of benzene rings is 1. The third kappa shape index (κ3) is 2.61. The normalized spacial score (nSPS) is 16.3. The van der Waals surface area contributed by atoms with Crippen LogP contribution in [0.1, 0.15) is 31.7 Å². The maximum absolute atomic E-state index is 14.1. The molecule has 0 bridgehead atoms. The third-order valence-corrected chi connectivity index (χ3v) is 5.17. The van der Waals surface area contributed by atoms with E-state index in [-0.39, 0.29) is 10.9 Å². The summed E-state index contributed by atoms with van der Waals surface area (Å²) in [5.74, 6) is -1.29. The van der Waals surface area contributed by atoms with E-state index in [1.54, 1.807) is 4.57 Å². The molecular formula is C15H16FNO4S. The number of hydrogen-bond donors (Lipinski definition) is 0. The highest BCUT2D eigenvalue weighted by Gasteiger charge is 2.24. The van der Waals surface area contributed by atoms with E-state index in [9.17, 15) is 17.6 Å². The van der Waals surface area contributed by atoms with Crippen molar-refractivity contribution in [1.82, 2.24) is 4.57 Å². The summed E-state index contributed by atoms with van der Waals surface area (Å²) in [7, 11) is -3.62. The molecule has 0 saturated heterocycles. The molecule has 1 saturated carbocycles. The highest BCUT2D eigenvalue weighted by molar-refractivity contribution is 7.90. The first-order chi connectivity index (χ1) is 10.4. The molecule has 118 valence electrons. The first-order valence-electron chi connectivity index (χ1n) is 7.08. The van der Waals surface area contributed by atoms with Gasteiger partial charge in [-0.05, 0) is 25.0 Å². The maximum Gasteiger partial charge on any atom is 0.419 e. The summed E-state index contributed by atoms with van der Waals surface area (Å²) >= 11 is 0. The number of sulfone groups is 1. The Labute approximate surface area is 127 Å². The lowest BCUT2D eigenvalue weighted by Crippen LogP contribution is -2.19. The summed E-state index contributed by atoms with van der Waals surface area (Å²) in [6.45, 7) is 0. The quantitative estimate of drug-likeness (QED) is 0.870. The van der Waals surface area contributed by atoms with E-state index in [0.29, 0.717) is 11.3 Å². The molecule has 1 fully saturated rings. The van der Waals surface area contributed by atoms with Crippen LogP contribution in [0.4, 0.5) is 4.39 Å². The lowest BCUT2D eigenvalue weighted by atomic mass is 10.1. The molecule has 1 aliphatic rings. The summed E-state index contributed by atoms with van der Waals surface area (Å²) in [5, 5.41) is 0. The van der Waals surface area contributed by atoms with Crippen LogP contribution in [0.25, 0.3) is 11.3 Å². The van der Waals surface area contributed by atoms with Crippen molar-refractivity contribution >= 4 is 9.84 Å². The zero-order chi connectivity index (χ0) is 15.9. The van der Waals surface area contributed by atoms with E-state index >= 15 is 0 Å². The fraction of sp³-hybridized carbons (Fsp3) is 0.400. The second-order valence-electron chi connectivity index (χ2n) is 5.61. The Morgan fingerprint density at radius 1 is 1.27 bits per heavy atom. The molecule has 2 aromatic rings. The van der Waals surface area contributed by atoms with E-state index in [1.165, 1.54) is 18.4 Å². The topological polar surface area (TPSA) is 69.3 Å². The van der Waals surface area contributed by atoms with Crippen molar-refractivity contribution in [3.05, 3.63) is 40.8 Å². The van der Waals surface area contributed by atoms with Gasteiger partial charge in [0, 0.05) is 17.9 Å². The molecule has 1 aromatic heterocycles. The molecule has 0 aliphatic heterocycles. The van der Waals surface area contributed by atoms with Crippen molar-refractivity contribution in [2.45, 2.75) is 36.6 Å². The van der Waals surface area contributed by atoms with Gasteiger partial charge in [-0.25, -0.2) is 17.6 Å². The number of hydrogen-bond acceptors (Lipinski definition) is 4. The molecule has 5 nitrogen and oxygen atoms in total. The molecule has 0 amide bonds. The van der Waals surface area contributed by atoms with Gasteiger partial charge in [-0.2, -0.15) is 0 Å². The fourth-order valence-electron chi connectivity index (χ4n) is 2.99. The van der Waals surface area contributed by atoms with Crippen LogP contribution < -0.4 is 5.76 Å². The van der Waals surface area contributed by atoms with Gasteiger partial charge in [0.05, 0.1) is 5.69 Å². The van der Waals surface area contributed by atoms with Crippen LogP contribution in [0.2, 0.25) is 0 Å². The molecule has 3 rings (SSSR count). The van der Waals surface area contributed by atoms with E-state index in [2.05, 4.69) is 0 Å². The van der Waals surface area contributed by atoms with Crippen molar-refractivity contribution < 1.29 is 17.2 Å². The minimum Gasteiger partial charge on any atom is -0.416 e. The van der Waals surface area contributed by atoms with Crippen LogP contribution in [0.15, 0.2) is 38.6 Å². The zero-order valence-corrected chi connectivity index (χ0v) is 12.9. The van der Waals surface area contributed by atoms with E-state index < -0.39 is 21.4 Å². The summed E-state index contributed by atoms with van der Waals surface area (Å²) in [5.41, 5.74) is 0.915. The zero-order valence-electron chi connectivity index (χ0n) is 12.1. The van der Waals surface area contributed by atoms with Crippen molar-refractivity contribution in [2.75, 3.05) is 6.26 Å². The van der Waals surface area contributed by atoms with Gasteiger partial charge in [0.25, 0.3) is 0 Å². The summed E-state index contributed by atoms with van der Waals surface area (Å²) in [6.07, 6.45) is 6.12. The van der Waals surface area contributed by atoms with Crippen LogP contribution in [-0.4, -0.2) is 19.2 Å². The molecule has 1 aromatic carbocycles. The van der Waals surface area contributed by atoms with E-state index in [0.717, 1.165) is 38.0 Å². The van der Waals surface area contributed by atoms with Gasteiger partial charge in [0.2, 0.25) is 0 Å². The average molecular weight is 325 g/mol. The minimum absolute atomic E-state index is 0.0545. The minimum atomic E-state index is -3.62. The summed E-state index contributed by atoms with van der Waals surface area (Å²) in [6, 6.07) is 3.90. The Kier molecular flexibility index (Phi) is 3.68. The first-order valence-corrected chi connectivity index (χ1v) is 8.97. The SMILES string of the molecule is CS(=O)(=O)c1ccc(-c2coc(=O)n2C2CCCC2)cc1F. The number of halogens is 1. The Morgan fingerprint density at radius 3 is 2.55 bits per heavy atom. The van der Waals surface area contributed by atoms with Crippen molar-refractivity contribution in [3.63, 3.8) is 0 Å². The van der Waals surface area contributed by atoms with Gasteiger partial charge in [0.1, 0.15) is 17.0 Å². The fourth-order valence-corrected chi connectivity index (χ4v) is 3.72. The van der Waals surface area contributed by atoms with Gasteiger partial charge in [0.15, 0.2) is 9.84 Å². The van der Waals surface area contributed by atoms with Gasteiger partial charge in [-0.15, -0.1) is 0 Å². The predicted molar refractivity (Wildman–Crippen MR) is 79.0 cm³/mol. The Balaban J connectivity index is 2.09. The van der Waals surface area contributed by atoms with Gasteiger partial charge in [-0.3, -0.25) is 4.57 Å². The molecule has 0 radical (unpaired) electrons. The lowest BCUT2D eigenvalue weighted by Gasteiger charge is -2.13. The number of nitrogens with zero attached hydrogens (tertiary/aromatic N) is 1. The molecule has 7 heteroatoms. The predicted octanol–water partition coefficient (Wildman–Crippen LogP) is 2.77. The van der Waals surface area contributed by atoms with Crippen LogP contribution in [0, 0.1) is 5.82 Å². The maximum atomic E-state index is 14.1. The molecule has 0 atom stereocenters. The van der Waals surface area contributed by atoms with E-state index in [1.807, 2.05) is 0 Å². The molecule has 0 unspecified atom stereocenters. The lowest BCUT2D eigenvalue weighted by molar-refractivity contribution is 0.430. The molecule has 22 heavy (non-hydrogen) atoms. The number of rotatable bonds is 3. The second-order valence-corrected chi connectivity index (χ2v) is 7.60. The van der Waals surface area contributed by atoms with Crippen LogP contribution in [-0.2, 0) is 9.84 Å². The Morgan fingerprint density at radius 2 is 1.95 bits per heavy atom. The monoisotopic (exact) mass is 325 g/mol. The molecule has 1 heterocycles. The molecule has 0 spiro atoms. The number of aromatic nitrogens is 1. The van der Waals surface area contributed by atoms with Gasteiger partial charge in [-0.1, -0.05) is 18.9 Å². The van der Waals surface area contributed by atoms with Crippen LogP contribution >= 0.6 is 0 Å². The van der Waals surface area contributed by atoms with E-state index in [4.69, 9.17) is 4.42 Å². The molecule has 0 N–H and O–H groups in total. The first kappa shape index (κ1) is 15.0. The second kappa shape index (κ2) is 5.39. The summed E-state index contributed by atoms with van der Waals surface area (Å²) in [4.78, 5) is 11.6. The number of oxazole rings is 1. The largest absolute Gasteiger partial charge is 0.419 e. The van der Waals surface area contributed by atoms with Crippen LogP contribution in [0.5, 0.6) is 0 Å². The van der Waals surface area contributed by atoms with Crippen molar-refractivity contribution in [1.29, 1.82) is 0 Å². The van der Waals surface area contributed by atoms with Crippen molar-refractivity contribution in [3.8, 4) is 11.3 Å². The standard InChI is InChI=1S/C15H16FNO4S/c1-22(19,20)14-7-6-10(8-12(14)16)13-9-21-15(18)17(13)11-4-2-3-5-11/h6-9,11H,2-5H2,1H3. The molecule has 1 aliphatic carbocycles. The van der Waals surface area contributed by atoms with Gasteiger partial charge < -0.3 is 4.42 Å². The third-order valence-electron chi connectivity index (χ3n) is 4.04. The highest BCUT2D eigenvalue weighted by atomic mass is 32.2. The smallest absolute Gasteiger partial charge is 0.416 e. The Bertz CT molecular complexity index is 860. The Hall–Kier alpha value is -1.89. The van der Waals surface area contributed by atoms with Crippen LogP contribution in [0.3, 0.4) is 0 Å². The van der Waals surface area contributed by atoms with Gasteiger partial charge >= 0.3 is 5.76 Å². The summed E-state index contributed by atoms with van der Waals surface area (Å²) < 4.78 is 43.5. The highest BCUT2D eigenvalue weighted by Crippen LogP contribution is 2.33. The average Bonchev–Trinajstić information content (AvgIpc) is 3.05.